The molecule has 1 aromatic carbocycles. The molecular weight excluding hydrogens is 551 g/mol. The molecular formula is C26H24F3N5O3S2. The number of carbonyl (C=O) groups is 2. The van der Waals surface area contributed by atoms with E-state index in [1.807, 2.05) is 20.9 Å². The number of aromatic nitrogens is 2. The van der Waals surface area contributed by atoms with Crippen molar-refractivity contribution in [3.05, 3.63) is 79.6 Å². The molecule has 3 heterocycles. The number of rotatable bonds is 7. The van der Waals surface area contributed by atoms with Crippen molar-refractivity contribution in [3.63, 3.8) is 0 Å². The van der Waals surface area contributed by atoms with Crippen LogP contribution in [-0.2, 0) is 19.8 Å². The summed E-state index contributed by atoms with van der Waals surface area (Å²) in [5.41, 5.74) is 5.40. The van der Waals surface area contributed by atoms with Crippen LogP contribution in [0, 0.1) is 13.8 Å². The molecule has 0 radical (unpaired) electrons. The van der Waals surface area contributed by atoms with Crippen LogP contribution in [0.2, 0.25) is 0 Å². The Balaban J connectivity index is 1.39. The third-order valence-electron chi connectivity index (χ3n) is 6.09. The van der Waals surface area contributed by atoms with Crippen LogP contribution in [0.1, 0.15) is 54.3 Å². The second-order valence-electron chi connectivity index (χ2n) is 8.66. The van der Waals surface area contributed by atoms with Crippen molar-refractivity contribution in [3.8, 4) is 16.2 Å². The summed E-state index contributed by atoms with van der Waals surface area (Å²) in [6.07, 6.45) is -4.45. The summed E-state index contributed by atoms with van der Waals surface area (Å²) in [6.45, 7) is 5.68. The lowest BCUT2D eigenvalue weighted by molar-refractivity contribution is -0.137. The molecule has 4 rings (SSSR count). The largest absolute Gasteiger partial charge is 0.506 e. The second kappa shape index (κ2) is 11.0. The van der Waals surface area contributed by atoms with E-state index < -0.39 is 17.6 Å². The van der Waals surface area contributed by atoms with Gasteiger partial charge in [0.1, 0.15) is 5.75 Å². The average molecular weight is 576 g/mol. The van der Waals surface area contributed by atoms with Crippen molar-refractivity contribution in [1.29, 1.82) is 0 Å². The van der Waals surface area contributed by atoms with Gasteiger partial charge in [-0.2, -0.15) is 23.4 Å². The number of hydrazone groups is 1. The molecule has 0 fully saturated rings. The number of alkyl halides is 3. The predicted octanol–water partition coefficient (Wildman–Crippen LogP) is 5.64. The number of aryl methyl sites for hydroxylation is 2. The number of halogens is 3. The minimum atomic E-state index is -4.45. The Morgan fingerprint density at radius 3 is 2.31 bits per heavy atom. The van der Waals surface area contributed by atoms with Gasteiger partial charge in [-0.3, -0.25) is 14.3 Å². The minimum Gasteiger partial charge on any atom is -0.506 e. The van der Waals surface area contributed by atoms with Crippen LogP contribution in [0.15, 0.2) is 46.9 Å². The molecule has 0 spiro atoms. The van der Waals surface area contributed by atoms with E-state index in [4.69, 9.17) is 0 Å². The van der Waals surface area contributed by atoms with Gasteiger partial charge in [-0.05, 0) is 50.6 Å². The lowest BCUT2D eigenvalue weighted by Gasteiger charge is -2.07. The third kappa shape index (κ3) is 6.04. The molecule has 4 aromatic rings. The average Bonchev–Trinajstić information content (AvgIpc) is 3.59. The Labute approximate surface area is 229 Å². The Morgan fingerprint density at radius 1 is 1.08 bits per heavy atom. The third-order valence-corrected chi connectivity index (χ3v) is 8.19. The molecule has 8 nitrogen and oxygen atoms in total. The van der Waals surface area contributed by atoms with E-state index in [1.165, 1.54) is 18.2 Å². The number of nitrogens with one attached hydrogen (secondary N) is 2. The topological polar surface area (TPSA) is 109 Å². The van der Waals surface area contributed by atoms with Crippen molar-refractivity contribution in [2.75, 3.05) is 0 Å². The highest BCUT2D eigenvalue weighted by atomic mass is 32.1. The molecule has 0 aliphatic carbocycles. The zero-order chi connectivity index (χ0) is 28.5. The maximum atomic E-state index is 12.8. The quantitative estimate of drug-likeness (QED) is 0.196. The molecule has 204 valence electrons. The summed E-state index contributed by atoms with van der Waals surface area (Å²) in [4.78, 5) is 26.2. The number of hydrogen-bond acceptors (Lipinski definition) is 7. The first-order valence-corrected chi connectivity index (χ1v) is 13.3. The van der Waals surface area contributed by atoms with E-state index >= 15 is 0 Å². The standard InChI is InChI=1S/C26H24F3N5O3S2/c1-13(19-12-38-23(22(19)35)16-5-7-17(8-6-16)26(27,28)29)31-32-25(37)21-10-9-20(39-21)24(36)30-11-18-14(2)33-34(4)15(18)3/h5-10,12,35H,11H2,1-4H3,(H,30,36)(H,32,37)/b31-13+. The summed E-state index contributed by atoms with van der Waals surface area (Å²) in [6, 6.07) is 7.55. The van der Waals surface area contributed by atoms with E-state index in [-0.39, 0.29) is 16.5 Å². The van der Waals surface area contributed by atoms with Crippen molar-refractivity contribution in [2.24, 2.45) is 12.1 Å². The fraction of sp³-hybridized carbons (Fsp3) is 0.231. The predicted molar refractivity (Wildman–Crippen MR) is 144 cm³/mol. The van der Waals surface area contributed by atoms with Crippen LogP contribution in [0.4, 0.5) is 13.2 Å². The monoisotopic (exact) mass is 575 g/mol. The van der Waals surface area contributed by atoms with Gasteiger partial charge in [-0.15, -0.1) is 22.7 Å². The molecule has 13 heteroatoms. The number of aromatic hydroxyl groups is 1. The summed E-state index contributed by atoms with van der Waals surface area (Å²) >= 11 is 2.15. The van der Waals surface area contributed by atoms with E-state index in [1.54, 1.807) is 23.1 Å². The highest BCUT2D eigenvalue weighted by molar-refractivity contribution is 7.16. The fourth-order valence-corrected chi connectivity index (χ4v) is 5.61. The number of benzene rings is 1. The van der Waals surface area contributed by atoms with Crippen LogP contribution in [0.3, 0.4) is 0 Å². The van der Waals surface area contributed by atoms with E-state index in [9.17, 15) is 27.9 Å². The van der Waals surface area contributed by atoms with E-state index in [0.717, 1.165) is 51.8 Å². The molecule has 0 aliphatic rings. The van der Waals surface area contributed by atoms with Crippen LogP contribution in [-0.4, -0.2) is 32.4 Å². The normalized spacial score (nSPS) is 12.0. The molecule has 0 atom stereocenters. The van der Waals surface area contributed by atoms with Gasteiger partial charge in [0, 0.05) is 30.2 Å². The van der Waals surface area contributed by atoms with Gasteiger partial charge in [0.25, 0.3) is 11.8 Å². The number of amides is 2. The van der Waals surface area contributed by atoms with Crippen molar-refractivity contribution < 1.29 is 27.9 Å². The highest BCUT2D eigenvalue weighted by Crippen LogP contribution is 2.40. The number of carbonyl (C=O) groups excluding carboxylic acids is 2. The SMILES string of the molecule is C/C(=N\NC(=O)c1ccc(C(=O)NCc2c(C)nn(C)c2C)s1)c1csc(-c2ccc(C(F)(F)F)cc2)c1O. The van der Waals surface area contributed by atoms with Gasteiger partial charge in [0.05, 0.1) is 37.2 Å². The fourth-order valence-electron chi connectivity index (χ4n) is 3.78. The van der Waals surface area contributed by atoms with Crippen molar-refractivity contribution in [2.45, 2.75) is 33.5 Å². The zero-order valence-electron chi connectivity index (χ0n) is 21.3. The first-order chi connectivity index (χ1) is 18.4. The summed E-state index contributed by atoms with van der Waals surface area (Å²) in [5.74, 6) is -1.00. The number of thiophene rings is 2. The molecule has 0 bridgehead atoms. The maximum Gasteiger partial charge on any atom is 0.416 e. The molecule has 0 unspecified atom stereocenters. The van der Waals surface area contributed by atoms with Gasteiger partial charge in [-0.25, -0.2) is 5.43 Å². The summed E-state index contributed by atoms with van der Waals surface area (Å²) < 4.78 is 40.2. The van der Waals surface area contributed by atoms with Crippen molar-refractivity contribution >= 4 is 40.2 Å². The molecule has 0 saturated carbocycles. The molecule has 3 N–H and O–H groups in total. The Hall–Kier alpha value is -3.97. The minimum absolute atomic E-state index is 0.149. The van der Waals surface area contributed by atoms with Crippen LogP contribution >= 0.6 is 22.7 Å². The Kier molecular flexibility index (Phi) is 7.93. The lowest BCUT2D eigenvalue weighted by atomic mass is 10.1. The number of hydrogen-bond donors (Lipinski definition) is 3. The van der Waals surface area contributed by atoms with E-state index in [0.29, 0.717) is 33.1 Å². The van der Waals surface area contributed by atoms with Gasteiger partial charge < -0.3 is 10.4 Å². The van der Waals surface area contributed by atoms with Gasteiger partial charge in [0.15, 0.2) is 0 Å². The van der Waals surface area contributed by atoms with Gasteiger partial charge in [0.2, 0.25) is 0 Å². The molecule has 0 saturated heterocycles. The van der Waals surface area contributed by atoms with Crippen LogP contribution in [0.25, 0.3) is 10.4 Å². The Morgan fingerprint density at radius 2 is 1.72 bits per heavy atom. The molecule has 0 aliphatic heterocycles. The highest BCUT2D eigenvalue weighted by Gasteiger charge is 2.30. The Bertz CT molecular complexity index is 1570. The van der Waals surface area contributed by atoms with Gasteiger partial charge >= 0.3 is 6.18 Å². The smallest absolute Gasteiger partial charge is 0.416 e. The van der Waals surface area contributed by atoms with Crippen molar-refractivity contribution in [1.82, 2.24) is 20.5 Å². The molecule has 2 amide bonds. The lowest BCUT2D eigenvalue weighted by Crippen LogP contribution is -2.22. The molecule has 39 heavy (non-hydrogen) atoms. The first-order valence-electron chi connectivity index (χ1n) is 11.6. The summed E-state index contributed by atoms with van der Waals surface area (Å²) in [7, 11) is 1.83. The zero-order valence-corrected chi connectivity index (χ0v) is 22.9. The summed E-state index contributed by atoms with van der Waals surface area (Å²) in [5, 5.41) is 23.5. The number of nitrogens with zero attached hydrogens (tertiary/aromatic N) is 3. The van der Waals surface area contributed by atoms with Gasteiger partial charge in [-0.1, -0.05) is 12.1 Å². The molecule has 3 aromatic heterocycles. The first kappa shape index (κ1) is 28.0. The van der Waals surface area contributed by atoms with Crippen LogP contribution in [0.5, 0.6) is 5.75 Å². The van der Waals surface area contributed by atoms with Crippen LogP contribution < -0.4 is 10.7 Å². The maximum absolute atomic E-state index is 12.8. The second-order valence-corrected chi connectivity index (χ2v) is 10.6. The van der Waals surface area contributed by atoms with E-state index in [2.05, 4.69) is 20.9 Å².